The van der Waals surface area contributed by atoms with Gasteiger partial charge in [0.15, 0.2) is 0 Å². The van der Waals surface area contributed by atoms with Crippen LogP contribution in [0.25, 0.3) is 0 Å². The summed E-state index contributed by atoms with van der Waals surface area (Å²) in [5.41, 5.74) is 5.95. The molecular weight excluding hydrogens is 264 g/mol. The molecule has 0 saturated carbocycles. The highest BCUT2D eigenvalue weighted by Crippen LogP contribution is 2.22. The first-order valence-electron chi connectivity index (χ1n) is 5.77. The highest BCUT2D eigenvalue weighted by molar-refractivity contribution is 7.89. The molecule has 0 fully saturated rings. The van der Waals surface area contributed by atoms with Crippen LogP contribution in [0.3, 0.4) is 0 Å². The van der Waals surface area contributed by atoms with Gasteiger partial charge in [-0.25, -0.2) is 8.42 Å². The van der Waals surface area contributed by atoms with E-state index in [1.54, 1.807) is 30.3 Å². The maximum absolute atomic E-state index is 12.4. The van der Waals surface area contributed by atoms with E-state index in [4.69, 9.17) is 10.2 Å². The van der Waals surface area contributed by atoms with E-state index < -0.39 is 10.0 Å². The Bertz CT molecular complexity index is 677. The topological polar surface area (TPSA) is 76.5 Å². The number of furan rings is 1. The van der Waals surface area contributed by atoms with Gasteiger partial charge in [0, 0.05) is 7.05 Å². The number of sulfonamides is 1. The van der Waals surface area contributed by atoms with Crippen LogP contribution >= 0.6 is 0 Å². The maximum Gasteiger partial charge on any atom is 0.245 e. The Morgan fingerprint density at radius 3 is 2.47 bits per heavy atom. The predicted molar refractivity (Wildman–Crippen MR) is 73.0 cm³/mol. The van der Waals surface area contributed by atoms with Crippen molar-refractivity contribution in [1.29, 1.82) is 0 Å². The molecule has 19 heavy (non-hydrogen) atoms. The van der Waals surface area contributed by atoms with E-state index in [-0.39, 0.29) is 17.1 Å². The smallest absolute Gasteiger partial charge is 0.245 e. The molecule has 102 valence electrons. The molecule has 2 rings (SSSR count). The lowest BCUT2D eigenvalue weighted by Crippen LogP contribution is -2.27. The van der Waals surface area contributed by atoms with Crippen molar-refractivity contribution in [2.75, 3.05) is 12.8 Å². The molecule has 2 N–H and O–H groups in total. The van der Waals surface area contributed by atoms with Crippen LogP contribution in [0, 0.1) is 6.92 Å². The van der Waals surface area contributed by atoms with Crippen LogP contribution in [0.1, 0.15) is 11.5 Å². The lowest BCUT2D eigenvalue weighted by molar-refractivity contribution is 0.397. The fourth-order valence-corrected chi connectivity index (χ4v) is 3.01. The summed E-state index contributed by atoms with van der Waals surface area (Å²) in [5, 5.41) is 0. The normalized spacial score (nSPS) is 11.9. The number of para-hydroxylation sites is 1. The number of hydrogen-bond donors (Lipinski definition) is 1. The Labute approximate surface area is 112 Å². The highest BCUT2D eigenvalue weighted by Gasteiger charge is 2.23. The van der Waals surface area contributed by atoms with Crippen molar-refractivity contribution in [2.24, 2.45) is 0 Å². The number of nitrogens with two attached hydrogens (primary N) is 1. The third kappa shape index (κ3) is 2.80. The minimum absolute atomic E-state index is 0.112. The molecule has 2 aromatic rings. The summed E-state index contributed by atoms with van der Waals surface area (Å²) < 4.78 is 31.3. The number of nitrogen functional groups attached to an aromatic ring is 1. The molecule has 0 aliphatic heterocycles. The first-order chi connectivity index (χ1) is 8.91. The predicted octanol–water partition coefficient (Wildman–Crippen LogP) is 1.99. The van der Waals surface area contributed by atoms with Gasteiger partial charge in [-0.1, -0.05) is 12.1 Å². The van der Waals surface area contributed by atoms with Crippen molar-refractivity contribution < 1.29 is 12.8 Å². The van der Waals surface area contributed by atoms with Crippen molar-refractivity contribution in [3.8, 4) is 0 Å². The van der Waals surface area contributed by atoms with E-state index in [0.717, 1.165) is 5.76 Å². The lowest BCUT2D eigenvalue weighted by Gasteiger charge is -2.17. The maximum atomic E-state index is 12.4. The molecular formula is C13H16N2O3S. The second kappa shape index (κ2) is 5.07. The number of aryl methyl sites for hydroxylation is 1. The molecule has 6 heteroatoms. The van der Waals surface area contributed by atoms with Crippen LogP contribution < -0.4 is 5.73 Å². The van der Waals surface area contributed by atoms with E-state index in [1.165, 1.54) is 17.4 Å². The Hall–Kier alpha value is -1.79. The second-order valence-electron chi connectivity index (χ2n) is 4.31. The van der Waals surface area contributed by atoms with E-state index in [0.29, 0.717) is 5.76 Å². The number of benzene rings is 1. The summed E-state index contributed by atoms with van der Waals surface area (Å²) in [6.45, 7) is 1.98. The minimum atomic E-state index is -3.61. The third-order valence-corrected chi connectivity index (χ3v) is 4.66. The Kier molecular flexibility index (Phi) is 3.64. The molecule has 0 amide bonds. The summed E-state index contributed by atoms with van der Waals surface area (Å²) in [7, 11) is -2.11. The van der Waals surface area contributed by atoms with Gasteiger partial charge >= 0.3 is 0 Å². The van der Waals surface area contributed by atoms with Crippen molar-refractivity contribution >= 4 is 15.7 Å². The second-order valence-corrected chi connectivity index (χ2v) is 6.32. The van der Waals surface area contributed by atoms with Gasteiger partial charge < -0.3 is 10.2 Å². The van der Waals surface area contributed by atoms with Gasteiger partial charge in [0.2, 0.25) is 10.0 Å². The molecule has 0 aliphatic carbocycles. The third-order valence-electron chi connectivity index (χ3n) is 2.78. The fourth-order valence-electron chi connectivity index (χ4n) is 1.76. The zero-order chi connectivity index (χ0) is 14.0. The zero-order valence-corrected chi connectivity index (χ0v) is 11.6. The summed E-state index contributed by atoms with van der Waals surface area (Å²) in [6.07, 6.45) is 0. The Morgan fingerprint density at radius 1 is 1.21 bits per heavy atom. The van der Waals surface area contributed by atoms with Gasteiger partial charge in [-0.3, -0.25) is 0 Å². The van der Waals surface area contributed by atoms with Gasteiger partial charge in [-0.2, -0.15) is 4.31 Å². The van der Waals surface area contributed by atoms with E-state index in [9.17, 15) is 8.42 Å². The van der Waals surface area contributed by atoms with Crippen LogP contribution in [0.2, 0.25) is 0 Å². The molecule has 1 heterocycles. The monoisotopic (exact) mass is 280 g/mol. The van der Waals surface area contributed by atoms with Crippen molar-refractivity contribution in [2.45, 2.75) is 18.4 Å². The Morgan fingerprint density at radius 2 is 1.89 bits per heavy atom. The van der Waals surface area contributed by atoms with E-state index in [2.05, 4.69) is 0 Å². The molecule has 1 aromatic carbocycles. The first kappa shape index (κ1) is 13.6. The summed E-state index contributed by atoms with van der Waals surface area (Å²) in [6, 6.07) is 9.97. The average molecular weight is 280 g/mol. The number of nitrogens with zero attached hydrogens (tertiary/aromatic N) is 1. The van der Waals surface area contributed by atoms with Crippen LogP contribution in [0.15, 0.2) is 45.7 Å². The van der Waals surface area contributed by atoms with Crippen molar-refractivity contribution in [3.63, 3.8) is 0 Å². The van der Waals surface area contributed by atoms with Gasteiger partial charge in [0.25, 0.3) is 0 Å². The van der Waals surface area contributed by atoms with Gasteiger partial charge in [0.05, 0.1) is 12.2 Å². The van der Waals surface area contributed by atoms with E-state index in [1.807, 2.05) is 6.92 Å². The standard InChI is InChI=1S/C13H16N2O3S/c1-10-7-8-11(18-10)9-15(2)19(16,17)13-6-4-3-5-12(13)14/h3-8H,9,14H2,1-2H3. The van der Waals surface area contributed by atoms with E-state index >= 15 is 0 Å². The first-order valence-corrected chi connectivity index (χ1v) is 7.21. The van der Waals surface area contributed by atoms with Gasteiger partial charge in [-0.15, -0.1) is 0 Å². The van der Waals surface area contributed by atoms with Gasteiger partial charge in [-0.05, 0) is 31.2 Å². The fraction of sp³-hybridized carbons (Fsp3) is 0.231. The molecule has 0 spiro atoms. The average Bonchev–Trinajstić information content (AvgIpc) is 2.75. The quantitative estimate of drug-likeness (QED) is 0.869. The molecule has 0 unspecified atom stereocenters. The summed E-state index contributed by atoms with van der Waals surface area (Å²) >= 11 is 0. The highest BCUT2D eigenvalue weighted by atomic mass is 32.2. The number of anilines is 1. The van der Waals surface area contributed by atoms with Crippen molar-refractivity contribution in [1.82, 2.24) is 4.31 Å². The number of rotatable bonds is 4. The Balaban J connectivity index is 2.27. The molecule has 0 radical (unpaired) electrons. The molecule has 5 nitrogen and oxygen atoms in total. The molecule has 0 aliphatic rings. The van der Waals surface area contributed by atoms with Gasteiger partial charge in [0.1, 0.15) is 16.4 Å². The summed E-state index contributed by atoms with van der Waals surface area (Å²) in [4.78, 5) is 0.112. The summed E-state index contributed by atoms with van der Waals surface area (Å²) in [5.74, 6) is 1.35. The number of hydrogen-bond acceptors (Lipinski definition) is 4. The van der Waals surface area contributed by atoms with Crippen LogP contribution in [0.5, 0.6) is 0 Å². The van der Waals surface area contributed by atoms with Crippen LogP contribution in [-0.4, -0.2) is 19.8 Å². The lowest BCUT2D eigenvalue weighted by atomic mass is 10.3. The molecule has 1 aromatic heterocycles. The van der Waals surface area contributed by atoms with Crippen molar-refractivity contribution in [3.05, 3.63) is 47.9 Å². The minimum Gasteiger partial charge on any atom is -0.465 e. The van der Waals surface area contributed by atoms with Crippen LogP contribution in [-0.2, 0) is 16.6 Å². The molecule has 0 bridgehead atoms. The molecule has 0 saturated heterocycles. The largest absolute Gasteiger partial charge is 0.465 e. The zero-order valence-electron chi connectivity index (χ0n) is 10.8. The van der Waals surface area contributed by atoms with Crippen LogP contribution in [0.4, 0.5) is 5.69 Å². The molecule has 0 atom stereocenters. The SMILES string of the molecule is Cc1ccc(CN(C)S(=O)(=O)c2ccccc2N)o1.